The normalized spacial score (nSPS) is 16.1. The van der Waals surface area contributed by atoms with Crippen LogP contribution in [0.1, 0.15) is 12.5 Å². The molecule has 0 aromatic heterocycles. The third-order valence-electron chi connectivity index (χ3n) is 3.38. The second kappa shape index (κ2) is 7.51. The predicted molar refractivity (Wildman–Crippen MR) is 107 cm³/mol. The van der Waals surface area contributed by atoms with Crippen LogP contribution in [0.5, 0.6) is 5.75 Å². The van der Waals surface area contributed by atoms with Crippen molar-refractivity contribution in [2.24, 2.45) is 0 Å². The molecule has 0 bridgehead atoms. The van der Waals surface area contributed by atoms with E-state index >= 15 is 0 Å². The zero-order valence-corrected chi connectivity index (χ0v) is 16.1. The number of carbonyl (C=O) groups excluding carboxylic acids is 1. The molecule has 1 aliphatic rings. The number of ether oxygens (including phenoxy) is 1. The Morgan fingerprint density at radius 1 is 1.21 bits per heavy atom. The molecule has 2 aromatic carbocycles. The van der Waals surface area contributed by atoms with Crippen LogP contribution < -0.4 is 9.64 Å². The lowest BCUT2D eigenvalue weighted by Gasteiger charge is -2.14. The summed E-state index contributed by atoms with van der Waals surface area (Å²) in [4.78, 5) is 14.9. The molecule has 0 atom stereocenters. The Morgan fingerprint density at radius 3 is 2.62 bits per heavy atom. The van der Waals surface area contributed by atoms with Gasteiger partial charge in [-0.3, -0.25) is 9.69 Å². The molecule has 6 heteroatoms. The van der Waals surface area contributed by atoms with Crippen molar-refractivity contribution in [3.8, 4) is 5.75 Å². The minimum absolute atomic E-state index is 0.112. The fourth-order valence-electron chi connectivity index (χ4n) is 2.31. The maximum atomic E-state index is 12.8. The van der Waals surface area contributed by atoms with E-state index in [1.807, 2.05) is 61.5 Å². The van der Waals surface area contributed by atoms with Crippen LogP contribution in [-0.2, 0) is 4.79 Å². The van der Waals surface area contributed by atoms with Crippen LogP contribution in [0.2, 0.25) is 0 Å². The van der Waals surface area contributed by atoms with Crippen LogP contribution in [0.3, 0.4) is 0 Å². The van der Waals surface area contributed by atoms with Gasteiger partial charge in [0.25, 0.3) is 5.91 Å². The molecule has 3 rings (SSSR count). The molecule has 1 heterocycles. The first-order valence-corrected chi connectivity index (χ1v) is 9.37. The molecule has 1 saturated heterocycles. The number of amides is 1. The molecule has 0 saturated carbocycles. The van der Waals surface area contributed by atoms with E-state index in [4.69, 9.17) is 17.0 Å². The second-order valence-electron chi connectivity index (χ2n) is 4.96. The molecule has 0 N–H and O–H groups in total. The van der Waals surface area contributed by atoms with Crippen LogP contribution in [0.25, 0.3) is 6.08 Å². The number of rotatable bonds is 4. The van der Waals surface area contributed by atoms with Crippen molar-refractivity contribution in [2.75, 3.05) is 11.5 Å². The van der Waals surface area contributed by atoms with Gasteiger partial charge < -0.3 is 4.74 Å². The van der Waals surface area contributed by atoms with Crippen LogP contribution in [0.4, 0.5) is 5.69 Å². The average Bonchev–Trinajstić information content (AvgIpc) is 2.85. The van der Waals surface area contributed by atoms with Crippen LogP contribution >= 0.6 is 39.9 Å². The topological polar surface area (TPSA) is 29.5 Å². The third kappa shape index (κ3) is 3.55. The van der Waals surface area contributed by atoms with E-state index in [9.17, 15) is 4.79 Å². The summed E-state index contributed by atoms with van der Waals surface area (Å²) in [5.74, 6) is 0.646. The predicted octanol–water partition coefficient (Wildman–Crippen LogP) is 5.25. The van der Waals surface area contributed by atoms with Gasteiger partial charge in [0.2, 0.25) is 0 Å². The van der Waals surface area contributed by atoms with E-state index in [0.29, 0.717) is 15.8 Å². The van der Waals surface area contributed by atoms with E-state index in [0.717, 1.165) is 21.5 Å². The molecule has 0 radical (unpaired) electrons. The smallest absolute Gasteiger partial charge is 0.270 e. The standard InChI is InChI=1S/C18H14BrNO2S2/c1-2-22-15-6-4-3-5-12(15)11-16-17(21)20(18(23)24-16)14-9-7-13(19)8-10-14/h3-11H,2H2,1H3. The lowest BCUT2D eigenvalue weighted by Crippen LogP contribution is -2.27. The van der Waals surface area contributed by atoms with Gasteiger partial charge in [-0.25, -0.2) is 0 Å². The lowest BCUT2D eigenvalue weighted by atomic mass is 10.2. The van der Waals surface area contributed by atoms with Gasteiger partial charge in [-0.1, -0.05) is 58.1 Å². The van der Waals surface area contributed by atoms with Gasteiger partial charge in [0.05, 0.1) is 17.2 Å². The van der Waals surface area contributed by atoms with E-state index in [2.05, 4.69) is 15.9 Å². The molecule has 1 amide bonds. The second-order valence-corrected chi connectivity index (χ2v) is 7.56. The Balaban J connectivity index is 1.93. The third-order valence-corrected chi connectivity index (χ3v) is 5.21. The Labute approximate surface area is 158 Å². The van der Waals surface area contributed by atoms with Crippen molar-refractivity contribution in [2.45, 2.75) is 6.92 Å². The summed E-state index contributed by atoms with van der Waals surface area (Å²) in [6.07, 6.45) is 1.84. The summed E-state index contributed by atoms with van der Waals surface area (Å²) in [7, 11) is 0. The molecule has 24 heavy (non-hydrogen) atoms. The van der Waals surface area contributed by atoms with Crippen molar-refractivity contribution in [3.63, 3.8) is 0 Å². The van der Waals surface area contributed by atoms with Crippen LogP contribution in [0.15, 0.2) is 57.9 Å². The number of carbonyl (C=O) groups is 1. The van der Waals surface area contributed by atoms with Gasteiger partial charge in [-0.2, -0.15) is 0 Å². The van der Waals surface area contributed by atoms with Crippen molar-refractivity contribution < 1.29 is 9.53 Å². The quantitative estimate of drug-likeness (QED) is 0.499. The largest absolute Gasteiger partial charge is 0.493 e. The molecule has 0 spiro atoms. The van der Waals surface area contributed by atoms with Crippen molar-refractivity contribution in [1.82, 2.24) is 0 Å². The minimum Gasteiger partial charge on any atom is -0.493 e. The van der Waals surface area contributed by atoms with Gasteiger partial charge in [0.15, 0.2) is 4.32 Å². The van der Waals surface area contributed by atoms with Gasteiger partial charge in [0.1, 0.15) is 5.75 Å². The Morgan fingerprint density at radius 2 is 1.92 bits per heavy atom. The zero-order valence-electron chi connectivity index (χ0n) is 12.9. The van der Waals surface area contributed by atoms with E-state index < -0.39 is 0 Å². The molecular formula is C18H14BrNO2S2. The molecular weight excluding hydrogens is 406 g/mol. The maximum absolute atomic E-state index is 12.8. The monoisotopic (exact) mass is 419 g/mol. The highest BCUT2D eigenvalue weighted by Gasteiger charge is 2.33. The van der Waals surface area contributed by atoms with E-state index in [1.54, 1.807) is 4.90 Å². The summed E-state index contributed by atoms with van der Waals surface area (Å²) in [6, 6.07) is 15.2. The summed E-state index contributed by atoms with van der Waals surface area (Å²) in [5, 5.41) is 0. The maximum Gasteiger partial charge on any atom is 0.270 e. The molecule has 1 fully saturated rings. The SMILES string of the molecule is CCOc1ccccc1C=C1SC(=S)N(c2ccc(Br)cc2)C1=O. The summed E-state index contributed by atoms with van der Waals surface area (Å²) < 4.78 is 7.10. The van der Waals surface area contributed by atoms with E-state index in [-0.39, 0.29) is 5.91 Å². The van der Waals surface area contributed by atoms with Crippen molar-refractivity contribution in [1.29, 1.82) is 0 Å². The minimum atomic E-state index is -0.112. The lowest BCUT2D eigenvalue weighted by molar-refractivity contribution is -0.113. The average molecular weight is 420 g/mol. The number of anilines is 1. The first-order valence-electron chi connectivity index (χ1n) is 7.35. The molecule has 2 aromatic rings. The van der Waals surface area contributed by atoms with Gasteiger partial charge in [-0.15, -0.1) is 0 Å². The van der Waals surface area contributed by atoms with Crippen LogP contribution in [-0.4, -0.2) is 16.8 Å². The van der Waals surface area contributed by atoms with Crippen molar-refractivity contribution >= 4 is 61.9 Å². The number of para-hydroxylation sites is 1. The highest BCUT2D eigenvalue weighted by atomic mass is 79.9. The molecule has 3 nitrogen and oxygen atoms in total. The Hall–Kier alpha value is -1.63. The number of thioether (sulfide) groups is 1. The van der Waals surface area contributed by atoms with Gasteiger partial charge in [-0.05, 0) is 43.3 Å². The van der Waals surface area contributed by atoms with Crippen molar-refractivity contribution in [3.05, 3.63) is 63.5 Å². The summed E-state index contributed by atoms with van der Waals surface area (Å²) >= 11 is 10.1. The number of hydrogen-bond donors (Lipinski definition) is 0. The molecule has 0 aliphatic carbocycles. The highest BCUT2D eigenvalue weighted by molar-refractivity contribution is 9.10. The van der Waals surface area contributed by atoms with E-state index in [1.165, 1.54) is 11.8 Å². The first-order chi connectivity index (χ1) is 11.6. The molecule has 1 aliphatic heterocycles. The Kier molecular flexibility index (Phi) is 5.38. The fraction of sp³-hybridized carbons (Fsp3) is 0.111. The Bertz CT molecular complexity index is 818. The van der Waals surface area contributed by atoms with Crippen LogP contribution in [0, 0.1) is 0 Å². The number of benzene rings is 2. The number of hydrogen-bond acceptors (Lipinski definition) is 4. The molecule has 0 unspecified atom stereocenters. The fourth-order valence-corrected chi connectivity index (χ4v) is 3.86. The zero-order chi connectivity index (χ0) is 17.1. The van der Waals surface area contributed by atoms with Gasteiger partial charge in [0, 0.05) is 10.0 Å². The molecule has 122 valence electrons. The summed E-state index contributed by atoms with van der Waals surface area (Å²) in [5.41, 5.74) is 1.64. The first kappa shape index (κ1) is 17.2. The summed E-state index contributed by atoms with van der Waals surface area (Å²) in [6.45, 7) is 2.51. The number of halogens is 1. The van der Waals surface area contributed by atoms with Gasteiger partial charge >= 0.3 is 0 Å². The number of thiocarbonyl (C=S) groups is 1. The highest BCUT2D eigenvalue weighted by Crippen LogP contribution is 2.37. The number of nitrogens with zero attached hydrogens (tertiary/aromatic N) is 1.